The molecule has 4 heteroatoms. The quantitative estimate of drug-likeness (QED) is 0.866. The third kappa shape index (κ3) is 3.46. The zero-order chi connectivity index (χ0) is 14.5. The van der Waals surface area contributed by atoms with E-state index in [0.29, 0.717) is 16.7 Å². The van der Waals surface area contributed by atoms with Crippen molar-refractivity contribution in [1.29, 1.82) is 0 Å². The van der Waals surface area contributed by atoms with Crippen LogP contribution in [-0.4, -0.2) is 26.4 Å². The molecule has 1 aromatic rings. The van der Waals surface area contributed by atoms with Gasteiger partial charge in [0, 0.05) is 6.61 Å². The van der Waals surface area contributed by atoms with Crippen LogP contribution in [0.15, 0.2) is 18.2 Å². The van der Waals surface area contributed by atoms with Gasteiger partial charge in [0.15, 0.2) is 0 Å². The van der Waals surface area contributed by atoms with Gasteiger partial charge in [-0.05, 0) is 43.0 Å². The van der Waals surface area contributed by atoms with Crippen molar-refractivity contribution in [2.24, 2.45) is 5.92 Å². The largest absolute Gasteiger partial charge is 0.495 e. The summed E-state index contributed by atoms with van der Waals surface area (Å²) in [6.07, 6.45) is 2.44. The molecule has 3 unspecified atom stereocenters. The van der Waals surface area contributed by atoms with Crippen molar-refractivity contribution in [1.82, 2.24) is 5.32 Å². The van der Waals surface area contributed by atoms with Gasteiger partial charge in [-0.2, -0.15) is 0 Å². The fraction of sp³-hybridized carbons (Fsp3) is 0.625. The Morgan fingerprint density at radius 1 is 1.50 bits per heavy atom. The first kappa shape index (κ1) is 15.6. The third-order valence-electron chi connectivity index (χ3n) is 3.92. The molecule has 0 amide bonds. The van der Waals surface area contributed by atoms with Gasteiger partial charge < -0.3 is 14.8 Å². The highest BCUT2D eigenvalue weighted by Crippen LogP contribution is 2.34. The van der Waals surface area contributed by atoms with Crippen LogP contribution in [0.25, 0.3) is 0 Å². The smallest absolute Gasteiger partial charge is 0.137 e. The molecular formula is C16H24ClNO2. The molecule has 0 aromatic heterocycles. The van der Waals surface area contributed by atoms with Crippen LogP contribution in [0.1, 0.15) is 38.3 Å². The first-order valence-electron chi connectivity index (χ1n) is 7.35. The lowest BCUT2D eigenvalue weighted by Crippen LogP contribution is -2.35. The Balaban J connectivity index is 2.23. The highest BCUT2D eigenvalue weighted by atomic mass is 35.5. The average molecular weight is 298 g/mol. The van der Waals surface area contributed by atoms with Gasteiger partial charge in [-0.25, -0.2) is 0 Å². The van der Waals surface area contributed by atoms with Crippen LogP contribution in [-0.2, 0) is 4.74 Å². The Hall–Kier alpha value is -0.770. The molecule has 1 fully saturated rings. The maximum Gasteiger partial charge on any atom is 0.137 e. The predicted octanol–water partition coefficient (Wildman–Crippen LogP) is 3.81. The van der Waals surface area contributed by atoms with Crippen molar-refractivity contribution in [3.63, 3.8) is 0 Å². The molecule has 0 aliphatic carbocycles. The molecule has 0 spiro atoms. The first-order valence-corrected chi connectivity index (χ1v) is 7.73. The second-order valence-corrected chi connectivity index (χ2v) is 5.83. The molecule has 1 aliphatic rings. The monoisotopic (exact) mass is 297 g/mol. The predicted molar refractivity (Wildman–Crippen MR) is 82.6 cm³/mol. The van der Waals surface area contributed by atoms with Crippen LogP contribution in [0.5, 0.6) is 5.75 Å². The summed E-state index contributed by atoms with van der Waals surface area (Å²) in [4.78, 5) is 0. The molecule has 0 radical (unpaired) electrons. The Morgan fingerprint density at radius 2 is 2.30 bits per heavy atom. The van der Waals surface area contributed by atoms with Gasteiger partial charge in [0.2, 0.25) is 0 Å². The molecule has 1 aromatic carbocycles. The molecule has 20 heavy (non-hydrogen) atoms. The van der Waals surface area contributed by atoms with Gasteiger partial charge in [0.05, 0.1) is 24.3 Å². The Labute approximate surface area is 126 Å². The number of ether oxygens (including phenoxy) is 2. The van der Waals surface area contributed by atoms with E-state index in [1.807, 2.05) is 12.1 Å². The van der Waals surface area contributed by atoms with E-state index in [1.165, 1.54) is 5.56 Å². The summed E-state index contributed by atoms with van der Waals surface area (Å²) < 4.78 is 11.2. The van der Waals surface area contributed by atoms with Gasteiger partial charge in [-0.15, -0.1) is 0 Å². The minimum atomic E-state index is 0.191. The van der Waals surface area contributed by atoms with E-state index in [9.17, 15) is 0 Å². The van der Waals surface area contributed by atoms with Crippen molar-refractivity contribution >= 4 is 11.6 Å². The van der Waals surface area contributed by atoms with Gasteiger partial charge in [0.25, 0.3) is 0 Å². The minimum absolute atomic E-state index is 0.191. The van der Waals surface area contributed by atoms with Crippen molar-refractivity contribution in [2.75, 3.05) is 20.3 Å². The summed E-state index contributed by atoms with van der Waals surface area (Å²) >= 11 is 6.26. The normalized spacial score (nSPS) is 23.8. The van der Waals surface area contributed by atoms with E-state index < -0.39 is 0 Å². The molecule has 1 saturated heterocycles. The van der Waals surface area contributed by atoms with Crippen LogP contribution in [0, 0.1) is 5.92 Å². The number of hydrogen-bond donors (Lipinski definition) is 1. The SMILES string of the molecule is CCCNC(c1ccc(OC)c(Cl)c1)C1OCCC1C. The molecule has 3 atom stereocenters. The van der Waals surface area contributed by atoms with Crippen molar-refractivity contribution < 1.29 is 9.47 Å². The second kappa shape index (κ2) is 7.30. The molecule has 1 heterocycles. The number of nitrogens with one attached hydrogen (secondary N) is 1. The molecule has 3 nitrogen and oxygen atoms in total. The number of benzene rings is 1. The summed E-state index contributed by atoms with van der Waals surface area (Å²) in [5.74, 6) is 1.27. The number of halogens is 1. The number of rotatable bonds is 6. The molecule has 0 saturated carbocycles. The zero-order valence-corrected chi connectivity index (χ0v) is 13.2. The molecule has 0 bridgehead atoms. The minimum Gasteiger partial charge on any atom is -0.495 e. The van der Waals surface area contributed by atoms with Crippen LogP contribution in [0.4, 0.5) is 0 Å². The van der Waals surface area contributed by atoms with Crippen LogP contribution in [0.3, 0.4) is 0 Å². The highest BCUT2D eigenvalue weighted by molar-refractivity contribution is 6.32. The lowest BCUT2D eigenvalue weighted by atomic mass is 9.92. The summed E-state index contributed by atoms with van der Waals surface area (Å²) in [5, 5.41) is 4.25. The van der Waals surface area contributed by atoms with Crippen LogP contribution < -0.4 is 10.1 Å². The number of methoxy groups -OCH3 is 1. The summed E-state index contributed by atoms with van der Waals surface area (Å²) in [7, 11) is 1.63. The molecular weight excluding hydrogens is 274 g/mol. The average Bonchev–Trinajstić information content (AvgIpc) is 2.86. The van der Waals surface area contributed by atoms with Gasteiger partial charge in [-0.1, -0.05) is 31.5 Å². The maximum absolute atomic E-state index is 6.26. The molecule has 1 N–H and O–H groups in total. The van der Waals surface area contributed by atoms with Crippen molar-refractivity contribution in [3.05, 3.63) is 28.8 Å². The summed E-state index contributed by atoms with van der Waals surface area (Å²) in [6, 6.07) is 6.18. The van der Waals surface area contributed by atoms with E-state index in [-0.39, 0.29) is 12.1 Å². The van der Waals surface area contributed by atoms with Crippen LogP contribution in [0.2, 0.25) is 5.02 Å². The summed E-state index contributed by atoms with van der Waals surface area (Å²) in [5.41, 5.74) is 1.17. The lowest BCUT2D eigenvalue weighted by molar-refractivity contribution is 0.0607. The lowest BCUT2D eigenvalue weighted by Gasteiger charge is -2.28. The second-order valence-electron chi connectivity index (χ2n) is 5.43. The van der Waals surface area contributed by atoms with E-state index in [0.717, 1.165) is 26.0 Å². The Morgan fingerprint density at radius 3 is 2.85 bits per heavy atom. The standard InChI is InChI=1S/C16H24ClNO2/c1-4-8-18-15(16-11(2)7-9-20-16)12-5-6-14(19-3)13(17)10-12/h5-6,10-11,15-16,18H,4,7-9H2,1-3H3. The van der Waals surface area contributed by atoms with Gasteiger partial charge >= 0.3 is 0 Å². The fourth-order valence-corrected chi connectivity index (χ4v) is 3.01. The molecule has 112 valence electrons. The fourth-order valence-electron chi connectivity index (χ4n) is 2.74. The van der Waals surface area contributed by atoms with E-state index in [2.05, 4.69) is 25.2 Å². The van der Waals surface area contributed by atoms with E-state index in [1.54, 1.807) is 7.11 Å². The van der Waals surface area contributed by atoms with Gasteiger partial charge in [0.1, 0.15) is 5.75 Å². The summed E-state index contributed by atoms with van der Waals surface area (Å²) in [6.45, 7) is 6.24. The Bertz CT molecular complexity index is 438. The van der Waals surface area contributed by atoms with Gasteiger partial charge in [-0.3, -0.25) is 0 Å². The molecule has 1 aliphatic heterocycles. The van der Waals surface area contributed by atoms with Crippen molar-refractivity contribution in [2.45, 2.75) is 38.8 Å². The zero-order valence-electron chi connectivity index (χ0n) is 12.5. The molecule has 2 rings (SSSR count). The topological polar surface area (TPSA) is 30.5 Å². The first-order chi connectivity index (χ1) is 9.67. The van der Waals surface area contributed by atoms with Crippen molar-refractivity contribution in [3.8, 4) is 5.75 Å². The van der Waals surface area contributed by atoms with E-state index in [4.69, 9.17) is 21.1 Å². The van der Waals surface area contributed by atoms with E-state index >= 15 is 0 Å². The van der Waals surface area contributed by atoms with Crippen LogP contribution >= 0.6 is 11.6 Å². The third-order valence-corrected chi connectivity index (χ3v) is 4.22. The highest BCUT2D eigenvalue weighted by Gasteiger charge is 2.32. The maximum atomic E-state index is 6.26. The number of hydrogen-bond acceptors (Lipinski definition) is 3. The Kier molecular flexibility index (Phi) is 5.70.